The molecule has 0 heteroatoms. The second-order valence-corrected chi connectivity index (χ2v) is 1.97. The second kappa shape index (κ2) is 6.09. The lowest BCUT2D eigenvalue weighted by Crippen LogP contribution is -1.61. The average Bonchev–Trinajstić information content (AvgIpc) is 1.98. The van der Waals surface area contributed by atoms with Crippen LogP contribution in [0, 0.1) is 0 Å². The van der Waals surface area contributed by atoms with Crippen LogP contribution in [-0.2, 0) is 0 Å². The van der Waals surface area contributed by atoms with Gasteiger partial charge in [-0.05, 0) is 12.0 Å². The van der Waals surface area contributed by atoms with Crippen LogP contribution in [0.25, 0.3) is 0 Å². The summed E-state index contributed by atoms with van der Waals surface area (Å²) < 4.78 is 0. The van der Waals surface area contributed by atoms with Gasteiger partial charge in [0.1, 0.15) is 0 Å². The van der Waals surface area contributed by atoms with E-state index in [4.69, 9.17) is 0 Å². The topological polar surface area (TPSA) is 0 Å². The molecule has 0 N–H and O–H groups in total. The molecule has 0 aromatic rings. The van der Waals surface area contributed by atoms with Gasteiger partial charge >= 0.3 is 0 Å². The zero-order valence-electron chi connectivity index (χ0n) is 6.51. The Bertz CT molecular complexity index is 159. The fraction of sp³-hybridized carbons (Fsp3) is 0.200. The average molecular weight is 134 g/mol. The van der Waals surface area contributed by atoms with E-state index < -0.39 is 0 Å². The zero-order chi connectivity index (χ0) is 7.82. The standard InChI is InChI=1S/C10H14/c1-4-6-7-8-9-10(3)5-2/h5-9H,2-4H2,1H3/b7-6-,9-8-. The molecule has 0 spiro atoms. The Hall–Kier alpha value is -1.04. The maximum absolute atomic E-state index is 3.73. The van der Waals surface area contributed by atoms with Crippen LogP contribution in [0.1, 0.15) is 13.3 Å². The molecule has 0 aliphatic carbocycles. The highest BCUT2D eigenvalue weighted by atomic mass is 13.8. The van der Waals surface area contributed by atoms with Gasteiger partial charge in [0.05, 0.1) is 0 Å². The summed E-state index contributed by atoms with van der Waals surface area (Å²) in [6, 6.07) is 0. The lowest BCUT2D eigenvalue weighted by atomic mass is 10.2. The molecule has 10 heavy (non-hydrogen) atoms. The first-order valence-corrected chi connectivity index (χ1v) is 3.45. The zero-order valence-corrected chi connectivity index (χ0v) is 6.51. The van der Waals surface area contributed by atoms with Crippen molar-refractivity contribution < 1.29 is 0 Å². The molecule has 0 aromatic carbocycles. The molecule has 0 amide bonds. The van der Waals surface area contributed by atoms with Crippen molar-refractivity contribution in [2.24, 2.45) is 0 Å². The van der Waals surface area contributed by atoms with Crippen molar-refractivity contribution in [2.45, 2.75) is 13.3 Å². The molecule has 0 unspecified atom stereocenters. The smallest absolute Gasteiger partial charge is 0.0335 e. The molecule has 0 bridgehead atoms. The van der Waals surface area contributed by atoms with Gasteiger partial charge in [0.15, 0.2) is 0 Å². The Kier molecular flexibility index (Phi) is 5.45. The molecule has 0 heterocycles. The number of hydrogen-bond donors (Lipinski definition) is 0. The highest BCUT2D eigenvalue weighted by Crippen LogP contribution is 1.92. The third kappa shape index (κ3) is 5.10. The van der Waals surface area contributed by atoms with Crippen molar-refractivity contribution >= 4 is 0 Å². The Labute approximate surface area is 63.3 Å². The monoisotopic (exact) mass is 134 g/mol. The summed E-state index contributed by atoms with van der Waals surface area (Å²) >= 11 is 0. The minimum absolute atomic E-state index is 0.945. The largest absolute Gasteiger partial charge is 0.0985 e. The van der Waals surface area contributed by atoms with Crippen molar-refractivity contribution in [2.75, 3.05) is 0 Å². The maximum atomic E-state index is 3.73. The third-order valence-corrected chi connectivity index (χ3v) is 1.06. The number of hydrogen-bond acceptors (Lipinski definition) is 0. The Morgan fingerprint density at radius 3 is 2.60 bits per heavy atom. The van der Waals surface area contributed by atoms with Gasteiger partial charge in [-0.15, -0.1) is 0 Å². The van der Waals surface area contributed by atoms with Crippen LogP contribution in [0.3, 0.4) is 0 Å². The highest BCUT2D eigenvalue weighted by molar-refractivity contribution is 5.27. The first kappa shape index (κ1) is 8.96. The van der Waals surface area contributed by atoms with Crippen LogP contribution in [0.5, 0.6) is 0 Å². The minimum atomic E-state index is 0.945. The summed E-state index contributed by atoms with van der Waals surface area (Å²) in [7, 11) is 0. The molecular formula is C10H14. The van der Waals surface area contributed by atoms with Gasteiger partial charge in [-0.3, -0.25) is 0 Å². The van der Waals surface area contributed by atoms with Crippen molar-refractivity contribution in [3.05, 3.63) is 49.1 Å². The molecule has 54 valence electrons. The molecule has 0 saturated carbocycles. The lowest BCUT2D eigenvalue weighted by Gasteiger charge is -1.82. The molecule has 0 saturated heterocycles. The van der Waals surface area contributed by atoms with Gasteiger partial charge in [-0.2, -0.15) is 0 Å². The Morgan fingerprint density at radius 1 is 1.40 bits per heavy atom. The fourth-order valence-electron chi connectivity index (χ4n) is 0.462. The van der Waals surface area contributed by atoms with Crippen LogP contribution in [0.15, 0.2) is 49.1 Å². The van der Waals surface area contributed by atoms with Crippen LogP contribution in [0.4, 0.5) is 0 Å². The summed E-state index contributed by atoms with van der Waals surface area (Å²) in [6.07, 6.45) is 10.8. The van der Waals surface area contributed by atoms with Gasteiger partial charge in [0, 0.05) is 0 Å². The summed E-state index contributed by atoms with van der Waals surface area (Å²) in [5.41, 5.74) is 0.945. The highest BCUT2D eigenvalue weighted by Gasteiger charge is 1.72. The Balaban J connectivity index is 3.65. The van der Waals surface area contributed by atoms with E-state index in [9.17, 15) is 0 Å². The quantitative estimate of drug-likeness (QED) is 0.518. The molecule has 0 aliphatic rings. The first-order chi connectivity index (χ1) is 4.81. The van der Waals surface area contributed by atoms with Crippen LogP contribution < -0.4 is 0 Å². The van der Waals surface area contributed by atoms with E-state index in [0.29, 0.717) is 0 Å². The first-order valence-electron chi connectivity index (χ1n) is 3.45. The predicted molar refractivity (Wildman–Crippen MR) is 47.9 cm³/mol. The van der Waals surface area contributed by atoms with Gasteiger partial charge < -0.3 is 0 Å². The van der Waals surface area contributed by atoms with Gasteiger partial charge in [0.25, 0.3) is 0 Å². The molecule has 0 aromatic heterocycles. The van der Waals surface area contributed by atoms with Gasteiger partial charge in [-0.25, -0.2) is 0 Å². The minimum Gasteiger partial charge on any atom is -0.0985 e. The third-order valence-electron chi connectivity index (χ3n) is 1.06. The molecular weight excluding hydrogens is 120 g/mol. The number of rotatable bonds is 4. The van der Waals surface area contributed by atoms with E-state index in [2.05, 4.69) is 26.2 Å². The van der Waals surface area contributed by atoms with E-state index in [1.807, 2.05) is 18.2 Å². The summed E-state index contributed by atoms with van der Waals surface area (Å²) in [5.74, 6) is 0. The van der Waals surface area contributed by atoms with Crippen LogP contribution in [0.2, 0.25) is 0 Å². The van der Waals surface area contributed by atoms with E-state index in [1.165, 1.54) is 0 Å². The molecule has 0 radical (unpaired) electrons. The van der Waals surface area contributed by atoms with Crippen LogP contribution in [-0.4, -0.2) is 0 Å². The molecule has 0 aliphatic heterocycles. The fourth-order valence-corrected chi connectivity index (χ4v) is 0.462. The summed E-state index contributed by atoms with van der Waals surface area (Å²) in [6.45, 7) is 9.42. The van der Waals surface area contributed by atoms with Crippen molar-refractivity contribution in [3.8, 4) is 0 Å². The number of allylic oxidation sites excluding steroid dienone is 6. The predicted octanol–water partition coefficient (Wildman–Crippen LogP) is 3.25. The van der Waals surface area contributed by atoms with Crippen LogP contribution >= 0.6 is 0 Å². The molecule has 0 nitrogen and oxygen atoms in total. The van der Waals surface area contributed by atoms with E-state index in [1.54, 1.807) is 6.08 Å². The lowest BCUT2D eigenvalue weighted by molar-refractivity contribution is 1.22. The summed E-state index contributed by atoms with van der Waals surface area (Å²) in [5, 5.41) is 0. The summed E-state index contributed by atoms with van der Waals surface area (Å²) in [4.78, 5) is 0. The second-order valence-electron chi connectivity index (χ2n) is 1.97. The van der Waals surface area contributed by atoms with E-state index in [-0.39, 0.29) is 0 Å². The van der Waals surface area contributed by atoms with E-state index >= 15 is 0 Å². The van der Waals surface area contributed by atoms with Gasteiger partial charge in [0.2, 0.25) is 0 Å². The SMILES string of the molecule is C=CC(=C)/C=C\C=C/CC. The van der Waals surface area contributed by atoms with E-state index in [0.717, 1.165) is 12.0 Å². The molecule has 0 atom stereocenters. The van der Waals surface area contributed by atoms with Crippen molar-refractivity contribution in [1.82, 2.24) is 0 Å². The van der Waals surface area contributed by atoms with Crippen molar-refractivity contribution in [1.29, 1.82) is 0 Å². The molecule has 0 fully saturated rings. The Morgan fingerprint density at radius 2 is 2.10 bits per heavy atom. The van der Waals surface area contributed by atoms with Gasteiger partial charge in [-0.1, -0.05) is 50.5 Å². The maximum Gasteiger partial charge on any atom is -0.0335 e. The molecule has 0 rings (SSSR count). The van der Waals surface area contributed by atoms with Crippen molar-refractivity contribution in [3.63, 3.8) is 0 Å². The normalized spacial score (nSPS) is 10.9.